The summed E-state index contributed by atoms with van der Waals surface area (Å²) in [5.41, 5.74) is 3.13. The molecule has 1 aliphatic heterocycles. The Kier molecular flexibility index (Phi) is 4.50. The van der Waals surface area contributed by atoms with Crippen LogP contribution in [0.5, 0.6) is 0 Å². The summed E-state index contributed by atoms with van der Waals surface area (Å²) in [6.45, 7) is 3.01. The van der Waals surface area contributed by atoms with Gasteiger partial charge in [-0.1, -0.05) is 0 Å². The number of piperidine rings is 1. The molecule has 27 heavy (non-hydrogen) atoms. The standard InChI is InChI=1S/C19H20N8/c1-13-9-14(19-25-24-12-26(19)2)5-8-27(13)18-15(10-20)3-6-21-17(18)16-4-7-22-23-11-16/h3-4,6-7,11-14H,5,8-9H2,1-2H3/t13-,14-/m1/s1. The summed E-state index contributed by atoms with van der Waals surface area (Å²) in [5, 5.41) is 25.8. The van der Waals surface area contributed by atoms with Crippen LogP contribution in [-0.4, -0.2) is 42.5 Å². The van der Waals surface area contributed by atoms with E-state index in [1.165, 1.54) is 0 Å². The third kappa shape index (κ3) is 3.12. The van der Waals surface area contributed by atoms with Gasteiger partial charge in [-0.05, 0) is 31.9 Å². The SMILES string of the molecule is C[C@@H]1C[C@H](c2nncn2C)CCN1c1c(C#N)ccnc1-c1ccnnc1. The summed E-state index contributed by atoms with van der Waals surface area (Å²) in [5.74, 6) is 1.38. The average Bonchev–Trinajstić information content (AvgIpc) is 3.14. The molecule has 2 atom stereocenters. The predicted molar refractivity (Wildman–Crippen MR) is 99.8 cm³/mol. The van der Waals surface area contributed by atoms with E-state index < -0.39 is 0 Å². The van der Waals surface area contributed by atoms with E-state index >= 15 is 0 Å². The molecule has 0 saturated carbocycles. The van der Waals surface area contributed by atoms with Crippen molar-refractivity contribution >= 4 is 5.69 Å². The number of pyridine rings is 1. The van der Waals surface area contributed by atoms with Crippen molar-refractivity contribution in [3.05, 3.63) is 48.4 Å². The van der Waals surface area contributed by atoms with Crippen molar-refractivity contribution in [3.8, 4) is 17.3 Å². The largest absolute Gasteiger partial charge is 0.366 e. The molecule has 1 aliphatic rings. The predicted octanol–water partition coefficient (Wildman–Crippen LogP) is 2.31. The third-order valence-electron chi connectivity index (χ3n) is 5.18. The Morgan fingerprint density at radius 2 is 2.07 bits per heavy atom. The Labute approximate surface area is 157 Å². The summed E-state index contributed by atoms with van der Waals surface area (Å²) >= 11 is 0. The maximum absolute atomic E-state index is 9.69. The number of nitrogens with zero attached hydrogens (tertiary/aromatic N) is 8. The van der Waals surface area contributed by atoms with Gasteiger partial charge in [0.25, 0.3) is 0 Å². The van der Waals surface area contributed by atoms with E-state index in [0.717, 1.165) is 42.2 Å². The molecule has 4 rings (SSSR count). The number of aryl methyl sites for hydroxylation is 1. The smallest absolute Gasteiger partial charge is 0.135 e. The lowest BCUT2D eigenvalue weighted by Crippen LogP contribution is -2.41. The van der Waals surface area contributed by atoms with E-state index in [1.54, 1.807) is 31.0 Å². The molecule has 3 aromatic heterocycles. The molecule has 0 unspecified atom stereocenters. The minimum absolute atomic E-state index is 0.241. The zero-order valence-electron chi connectivity index (χ0n) is 15.3. The quantitative estimate of drug-likeness (QED) is 0.707. The second-order valence-electron chi connectivity index (χ2n) is 6.86. The highest BCUT2D eigenvalue weighted by molar-refractivity contribution is 5.79. The number of rotatable bonds is 3. The maximum Gasteiger partial charge on any atom is 0.135 e. The van der Waals surface area contributed by atoms with E-state index in [2.05, 4.69) is 43.3 Å². The van der Waals surface area contributed by atoms with Crippen LogP contribution in [0, 0.1) is 11.3 Å². The van der Waals surface area contributed by atoms with Crippen LogP contribution in [0.2, 0.25) is 0 Å². The van der Waals surface area contributed by atoms with Crippen molar-refractivity contribution in [2.24, 2.45) is 7.05 Å². The van der Waals surface area contributed by atoms with E-state index in [9.17, 15) is 5.26 Å². The van der Waals surface area contributed by atoms with Crippen LogP contribution in [0.3, 0.4) is 0 Å². The minimum Gasteiger partial charge on any atom is -0.366 e. The van der Waals surface area contributed by atoms with Gasteiger partial charge in [0.1, 0.15) is 18.2 Å². The molecule has 8 heteroatoms. The molecule has 0 amide bonds. The van der Waals surface area contributed by atoms with Gasteiger partial charge in [0.15, 0.2) is 0 Å². The Balaban J connectivity index is 1.70. The summed E-state index contributed by atoms with van der Waals surface area (Å²) in [6.07, 6.45) is 8.64. The molecular formula is C19H20N8. The van der Waals surface area contributed by atoms with Crippen molar-refractivity contribution in [1.82, 2.24) is 29.9 Å². The fourth-order valence-electron chi connectivity index (χ4n) is 3.88. The molecular weight excluding hydrogens is 340 g/mol. The molecule has 0 radical (unpaired) electrons. The number of hydrogen-bond acceptors (Lipinski definition) is 7. The summed E-state index contributed by atoms with van der Waals surface area (Å²) in [4.78, 5) is 6.85. The Hall–Kier alpha value is -3.34. The normalized spacial score (nSPS) is 19.7. The number of aromatic nitrogens is 6. The van der Waals surface area contributed by atoms with Crippen molar-refractivity contribution in [3.63, 3.8) is 0 Å². The Bertz CT molecular complexity index is 975. The Morgan fingerprint density at radius 1 is 1.19 bits per heavy atom. The van der Waals surface area contributed by atoms with Crippen molar-refractivity contribution < 1.29 is 0 Å². The maximum atomic E-state index is 9.69. The first-order chi connectivity index (χ1) is 13.2. The van der Waals surface area contributed by atoms with Crippen LogP contribution >= 0.6 is 0 Å². The van der Waals surface area contributed by atoms with Crippen LogP contribution in [-0.2, 0) is 7.05 Å². The number of nitriles is 1. The van der Waals surface area contributed by atoms with Gasteiger partial charge in [-0.2, -0.15) is 15.5 Å². The lowest BCUT2D eigenvalue weighted by Gasteiger charge is -2.40. The van der Waals surface area contributed by atoms with Crippen LogP contribution in [0.15, 0.2) is 37.1 Å². The van der Waals surface area contributed by atoms with E-state index in [1.807, 2.05) is 17.7 Å². The van der Waals surface area contributed by atoms with Gasteiger partial charge >= 0.3 is 0 Å². The lowest BCUT2D eigenvalue weighted by molar-refractivity contribution is 0.411. The molecule has 0 spiro atoms. The first kappa shape index (κ1) is 17.1. The van der Waals surface area contributed by atoms with Crippen molar-refractivity contribution in [2.45, 2.75) is 31.7 Å². The van der Waals surface area contributed by atoms with Gasteiger partial charge in [0, 0.05) is 37.3 Å². The second-order valence-corrected chi connectivity index (χ2v) is 6.86. The molecule has 8 nitrogen and oxygen atoms in total. The van der Waals surface area contributed by atoms with Crippen LogP contribution < -0.4 is 4.90 Å². The molecule has 0 aliphatic carbocycles. The van der Waals surface area contributed by atoms with Gasteiger partial charge in [0.05, 0.1) is 29.3 Å². The third-order valence-corrected chi connectivity index (χ3v) is 5.18. The highest BCUT2D eigenvalue weighted by Gasteiger charge is 2.31. The second kappa shape index (κ2) is 7.11. The first-order valence-electron chi connectivity index (χ1n) is 8.95. The number of anilines is 1. The average molecular weight is 360 g/mol. The highest BCUT2D eigenvalue weighted by atomic mass is 15.3. The zero-order chi connectivity index (χ0) is 18.8. The minimum atomic E-state index is 0.241. The molecule has 4 heterocycles. The molecule has 0 aromatic carbocycles. The van der Waals surface area contributed by atoms with Gasteiger partial charge in [-0.3, -0.25) is 4.98 Å². The van der Waals surface area contributed by atoms with Gasteiger partial charge < -0.3 is 9.47 Å². The highest BCUT2D eigenvalue weighted by Crippen LogP contribution is 2.38. The zero-order valence-corrected chi connectivity index (χ0v) is 15.3. The van der Waals surface area contributed by atoms with Crippen LogP contribution in [0.1, 0.15) is 37.1 Å². The number of hydrogen-bond donors (Lipinski definition) is 0. The van der Waals surface area contributed by atoms with E-state index in [-0.39, 0.29) is 6.04 Å². The van der Waals surface area contributed by atoms with Gasteiger partial charge in [0.2, 0.25) is 0 Å². The first-order valence-corrected chi connectivity index (χ1v) is 8.95. The summed E-state index contributed by atoms with van der Waals surface area (Å²) in [7, 11) is 1.98. The summed E-state index contributed by atoms with van der Waals surface area (Å²) < 4.78 is 1.99. The fraction of sp³-hybridized carbons (Fsp3) is 0.368. The molecule has 1 fully saturated rings. The topological polar surface area (TPSA) is 96.4 Å². The van der Waals surface area contributed by atoms with Gasteiger partial charge in [-0.25, -0.2) is 0 Å². The van der Waals surface area contributed by atoms with Crippen LogP contribution in [0.25, 0.3) is 11.3 Å². The summed E-state index contributed by atoms with van der Waals surface area (Å²) in [6, 6.07) is 6.21. The molecule has 136 valence electrons. The van der Waals surface area contributed by atoms with Crippen molar-refractivity contribution in [1.29, 1.82) is 5.26 Å². The van der Waals surface area contributed by atoms with Crippen LogP contribution in [0.4, 0.5) is 5.69 Å². The molecule has 3 aromatic rings. The fourth-order valence-corrected chi connectivity index (χ4v) is 3.88. The molecule has 1 saturated heterocycles. The molecule has 0 N–H and O–H groups in total. The van der Waals surface area contributed by atoms with E-state index in [0.29, 0.717) is 11.5 Å². The Morgan fingerprint density at radius 3 is 2.74 bits per heavy atom. The van der Waals surface area contributed by atoms with Crippen molar-refractivity contribution in [2.75, 3.05) is 11.4 Å². The van der Waals surface area contributed by atoms with Gasteiger partial charge in [-0.15, -0.1) is 10.2 Å². The molecule has 0 bridgehead atoms. The van der Waals surface area contributed by atoms with E-state index in [4.69, 9.17) is 0 Å². The lowest BCUT2D eigenvalue weighted by atomic mass is 9.89. The monoisotopic (exact) mass is 360 g/mol.